The van der Waals surface area contributed by atoms with Gasteiger partial charge in [0.25, 0.3) is 11.5 Å². The van der Waals surface area contributed by atoms with E-state index in [4.69, 9.17) is 9.47 Å². The Hall–Kier alpha value is -3.13. The van der Waals surface area contributed by atoms with Crippen LogP contribution in [0.2, 0.25) is 0 Å². The predicted molar refractivity (Wildman–Crippen MR) is 94.5 cm³/mol. The van der Waals surface area contributed by atoms with Crippen molar-refractivity contribution in [2.75, 3.05) is 20.3 Å². The normalized spacial score (nSPS) is 19.6. The van der Waals surface area contributed by atoms with Crippen molar-refractivity contribution in [3.63, 3.8) is 0 Å². The minimum Gasteiger partial charge on any atom is -0.497 e. The fourth-order valence-electron chi connectivity index (χ4n) is 3.14. The highest BCUT2D eigenvalue weighted by Gasteiger charge is 2.32. The van der Waals surface area contributed by atoms with Gasteiger partial charge in [-0.25, -0.2) is 4.68 Å². The second-order valence-corrected chi connectivity index (χ2v) is 6.13. The molecule has 4 rings (SSSR count). The minimum atomic E-state index is -0.337. The number of nitrogens with one attached hydrogen (secondary N) is 2. The molecule has 1 aromatic carbocycles. The molecule has 2 N–H and O–H groups in total. The molecular weight excluding hydrogens is 336 g/mol. The number of nitrogens with zero attached hydrogens (tertiary/aromatic N) is 2. The molecule has 1 amide bonds. The lowest BCUT2D eigenvalue weighted by Gasteiger charge is -2.19. The maximum atomic E-state index is 12.6. The van der Waals surface area contributed by atoms with E-state index >= 15 is 0 Å². The van der Waals surface area contributed by atoms with Gasteiger partial charge in [0.2, 0.25) is 0 Å². The molecule has 8 heteroatoms. The molecule has 0 bridgehead atoms. The summed E-state index contributed by atoms with van der Waals surface area (Å²) in [7, 11) is 1.59. The zero-order valence-corrected chi connectivity index (χ0v) is 14.1. The predicted octanol–water partition coefficient (Wildman–Crippen LogP) is 1.10. The zero-order valence-electron chi connectivity index (χ0n) is 14.1. The monoisotopic (exact) mass is 354 g/mol. The Bertz CT molecular complexity index is 1010. The molecule has 3 heterocycles. The van der Waals surface area contributed by atoms with E-state index in [9.17, 15) is 9.59 Å². The van der Waals surface area contributed by atoms with Crippen LogP contribution in [0.1, 0.15) is 16.5 Å². The molecule has 8 nitrogen and oxygen atoms in total. The van der Waals surface area contributed by atoms with Crippen LogP contribution in [0.25, 0.3) is 10.9 Å². The van der Waals surface area contributed by atoms with E-state index in [1.807, 2.05) is 18.2 Å². The number of aromatic nitrogens is 3. The third-order valence-corrected chi connectivity index (χ3v) is 4.50. The van der Waals surface area contributed by atoms with E-state index in [1.54, 1.807) is 25.4 Å². The molecule has 0 radical (unpaired) electrons. The van der Waals surface area contributed by atoms with Gasteiger partial charge in [0.1, 0.15) is 17.5 Å². The van der Waals surface area contributed by atoms with Gasteiger partial charge in [-0.05, 0) is 24.3 Å². The van der Waals surface area contributed by atoms with Crippen LogP contribution in [0.4, 0.5) is 0 Å². The SMILES string of the molecule is COc1ccc2cc(C(=O)NC3COCC3n3ncccc3=O)[nH]c2c1. The first kappa shape index (κ1) is 16.3. The van der Waals surface area contributed by atoms with E-state index in [0.717, 1.165) is 10.9 Å². The van der Waals surface area contributed by atoms with E-state index < -0.39 is 0 Å². The Balaban J connectivity index is 1.55. The number of methoxy groups -OCH3 is 1. The highest BCUT2D eigenvalue weighted by atomic mass is 16.5. The van der Waals surface area contributed by atoms with Crippen molar-refractivity contribution in [1.29, 1.82) is 0 Å². The van der Waals surface area contributed by atoms with Crippen LogP contribution in [0.3, 0.4) is 0 Å². The molecule has 2 aromatic heterocycles. The van der Waals surface area contributed by atoms with Gasteiger partial charge >= 0.3 is 0 Å². The summed E-state index contributed by atoms with van der Waals surface area (Å²) in [4.78, 5) is 27.7. The number of benzene rings is 1. The molecular formula is C18H18N4O4. The van der Waals surface area contributed by atoms with Gasteiger partial charge in [-0.3, -0.25) is 9.59 Å². The number of H-pyrrole nitrogens is 1. The van der Waals surface area contributed by atoms with Crippen molar-refractivity contribution >= 4 is 16.8 Å². The Labute approximate surface area is 148 Å². The van der Waals surface area contributed by atoms with Crippen molar-refractivity contribution < 1.29 is 14.3 Å². The fourth-order valence-corrected chi connectivity index (χ4v) is 3.14. The van der Waals surface area contributed by atoms with E-state index in [0.29, 0.717) is 24.7 Å². The Morgan fingerprint density at radius 3 is 3.04 bits per heavy atom. The molecule has 26 heavy (non-hydrogen) atoms. The third-order valence-electron chi connectivity index (χ3n) is 4.50. The van der Waals surface area contributed by atoms with Crippen LogP contribution in [0.15, 0.2) is 47.4 Å². The largest absolute Gasteiger partial charge is 0.497 e. The summed E-state index contributed by atoms with van der Waals surface area (Å²) in [5.41, 5.74) is 1.03. The summed E-state index contributed by atoms with van der Waals surface area (Å²) in [6.45, 7) is 0.652. The summed E-state index contributed by atoms with van der Waals surface area (Å²) in [5.74, 6) is 0.453. The molecule has 1 fully saturated rings. The zero-order chi connectivity index (χ0) is 18.1. The smallest absolute Gasteiger partial charge is 0.268 e. The van der Waals surface area contributed by atoms with Crippen molar-refractivity contribution in [3.8, 4) is 5.75 Å². The van der Waals surface area contributed by atoms with E-state index in [2.05, 4.69) is 15.4 Å². The number of hydrogen-bond acceptors (Lipinski definition) is 5. The summed E-state index contributed by atoms with van der Waals surface area (Å²) in [5, 5.41) is 7.94. The Morgan fingerprint density at radius 2 is 2.23 bits per heavy atom. The number of rotatable bonds is 4. The minimum absolute atomic E-state index is 0.222. The average molecular weight is 354 g/mol. The van der Waals surface area contributed by atoms with Crippen molar-refractivity contribution in [1.82, 2.24) is 20.1 Å². The molecule has 2 unspecified atom stereocenters. The van der Waals surface area contributed by atoms with Gasteiger partial charge < -0.3 is 19.8 Å². The average Bonchev–Trinajstić information content (AvgIpc) is 3.28. The van der Waals surface area contributed by atoms with E-state index in [1.165, 1.54) is 10.7 Å². The first-order chi connectivity index (χ1) is 12.7. The van der Waals surface area contributed by atoms with Crippen LogP contribution in [-0.2, 0) is 4.74 Å². The standard InChI is InChI=1S/C18H18N4O4/c1-25-12-5-4-11-7-14(20-13(11)8-12)18(24)21-15-9-26-10-16(15)22-17(23)3-2-6-19-22/h2-8,15-16,20H,9-10H2,1H3,(H,21,24). The van der Waals surface area contributed by atoms with Gasteiger partial charge in [-0.15, -0.1) is 0 Å². The topological polar surface area (TPSA) is 98.2 Å². The maximum Gasteiger partial charge on any atom is 0.268 e. The Kier molecular flexibility index (Phi) is 4.18. The maximum absolute atomic E-state index is 12.6. The van der Waals surface area contributed by atoms with Crippen LogP contribution in [0.5, 0.6) is 5.75 Å². The van der Waals surface area contributed by atoms with E-state index in [-0.39, 0.29) is 23.6 Å². The summed E-state index contributed by atoms with van der Waals surface area (Å²) in [6.07, 6.45) is 1.55. The lowest BCUT2D eigenvalue weighted by Crippen LogP contribution is -2.44. The molecule has 0 aliphatic carbocycles. The lowest BCUT2D eigenvalue weighted by atomic mass is 10.1. The Morgan fingerprint density at radius 1 is 1.35 bits per heavy atom. The summed E-state index contributed by atoms with van der Waals surface area (Å²) in [6, 6.07) is 9.69. The fraction of sp³-hybridized carbons (Fsp3) is 0.278. The number of amides is 1. The highest BCUT2D eigenvalue weighted by Crippen LogP contribution is 2.22. The number of aromatic amines is 1. The first-order valence-electron chi connectivity index (χ1n) is 8.25. The molecule has 134 valence electrons. The quantitative estimate of drug-likeness (QED) is 0.731. The summed E-state index contributed by atoms with van der Waals surface area (Å²) >= 11 is 0. The summed E-state index contributed by atoms with van der Waals surface area (Å²) < 4.78 is 12.0. The molecule has 1 aliphatic heterocycles. The van der Waals surface area contributed by atoms with Gasteiger partial charge in [-0.1, -0.05) is 0 Å². The number of carbonyl (C=O) groups is 1. The number of ether oxygens (including phenoxy) is 2. The first-order valence-corrected chi connectivity index (χ1v) is 8.25. The molecule has 0 saturated carbocycles. The molecule has 1 aliphatic rings. The van der Waals surface area contributed by atoms with Crippen LogP contribution in [-0.4, -0.2) is 47.0 Å². The number of carbonyl (C=O) groups excluding carboxylic acids is 1. The lowest BCUT2D eigenvalue weighted by molar-refractivity contribution is 0.0920. The molecule has 0 spiro atoms. The third kappa shape index (κ3) is 2.95. The van der Waals surface area contributed by atoms with Crippen molar-refractivity contribution in [3.05, 3.63) is 58.6 Å². The van der Waals surface area contributed by atoms with Crippen LogP contribution < -0.4 is 15.6 Å². The second-order valence-electron chi connectivity index (χ2n) is 6.13. The molecule has 2 atom stereocenters. The number of hydrogen-bond donors (Lipinski definition) is 2. The van der Waals surface area contributed by atoms with Gasteiger partial charge in [0.15, 0.2) is 0 Å². The van der Waals surface area contributed by atoms with Gasteiger partial charge in [-0.2, -0.15) is 5.10 Å². The number of fused-ring (bicyclic) bond motifs is 1. The molecule has 1 saturated heterocycles. The van der Waals surface area contributed by atoms with Gasteiger partial charge in [0, 0.05) is 29.2 Å². The van der Waals surface area contributed by atoms with Crippen molar-refractivity contribution in [2.45, 2.75) is 12.1 Å². The highest BCUT2D eigenvalue weighted by molar-refractivity contribution is 5.98. The van der Waals surface area contributed by atoms with Crippen molar-refractivity contribution in [2.24, 2.45) is 0 Å². The second kappa shape index (κ2) is 6.64. The van der Waals surface area contributed by atoms with Gasteiger partial charge in [0.05, 0.1) is 26.4 Å². The van der Waals surface area contributed by atoms with Crippen LogP contribution >= 0.6 is 0 Å². The molecule has 3 aromatic rings. The van der Waals surface area contributed by atoms with Crippen LogP contribution in [0, 0.1) is 0 Å².